The highest BCUT2D eigenvalue weighted by atomic mass is 127. The van der Waals surface area contributed by atoms with E-state index in [4.69, 9.17) is 16.7 Å². The van der Waals surface area contributed by atoms with Gasteiger partial charge in [-0.1, -0.05) is 11.6 Å². The lowest BCUT2D eigenvalue weighted by molar-refractivity contribution is -0.146. The Morgan fingerprint density at radius 3 is 2.53 bits per heavy atom. The molecule has 0 saturated heterocycles. The fraction of sp³-hybridized carbons (Fsp3) is 0.333. The zero-order valence-corrected chi connectivity index (χ0v) is 13.6. The number of carbonyl (C=O) groups excluding carboxylic acids is 1. The summed E-state index contributed by atoms with van der Waals surface area (Å²) in [7, 11) is 1.42. The number of anilines is 1. The first-order chi connectivity index (χ1) is 8.66. The Kier molecular flexibility index (Phi) is 5.03. The quantitative estimate of drug-likeness (QED) is 0.771. The Morgan fingerprint density at radius 1 is 1.42 bits per heavy atom. The van der Waals surface area contributed by atoms with Gasteiger partial charge in [-0.25, -0.2) is 9.59 Å². The molecule has 5 nitrogen and oxygen atoms in total. The van der Waals surface area contributed by atoms with Gasteiger partial charge < -0.3 is 15.3 Å². The average Bonchev–Trinajstić information content (AvgIpc) is 2.32. The van der Waals surface area contributed by atoms with Crippen LogP contribution in [0.2, 0.25) is 5.02 Å². The second-order valence-electron chi connectivity index (χ2n) is 4.48. The molecule has 0 bridgehead atoms. The summed E-state index contributed by atoms with van der Waals surface area (Å²) in [6.45, 7) is 2.90. The number of aliphatic carboxylic acids is 1. The predicted molar refractivity (Wildman–Crippen MR) is 82.7 cm³/mol. The second kappa shape index (κ2) is 5.96. The summed E-state index contributed by atoms with van der Waals surface area (Å²) >= 11 is 8.06. The number of urea groups is 1. The van der Waals surface area contributed by atoms with E-state index in [1.54, 1.807) is 12.1 Å². The number of nitrogens with one attached hydrogen (secondary N) is 1. The summed E-state index contributed by atoms with van der Waals surface area (Å²) in [6, 6.07) is 4.66. The monoisotopic (exact) mass is 396 g/mol. The Labute approximate surface area is 130 Å². The zero-order chi connectivity index (χ0) is 14.8. The summed E-state index contributed by atoms with van der Waals surface area (Å²) in [6.07, 6.45) is 0. The van der Waals surface area contributed by atoms with Crippen LogP contribution in [-0.2, 0) is 4.79 Å². The average molecular weight is 397 g/mol. The second-order valence-corrected chi connectivity index (χ2v) is 6.13. The first-order valence-corrected chi connectivity index (χ1v) is 6.85. The molecule has 0 fully saturated rings. The van der Waals surface area contributed by atoms with E-state index in [1.807, 2.05) is 6.07 Å². The van der Waals surface area contributed by atoms with Crippen molar-refractivity contribution in [2.24, 2.45) is 0 Å². The van der Waals surface area contributed by atoms with Crippen LogP contribution in [0.15, 0.2) is 18.2 Å². The standard InChI is InChI=1S/C12H14ClIN2O3/c1-12(2,10(17)18)16(3)11(19)15-9-6-7(14)4-5-8(9)13/h4-6H,1-3H3,(H,15,19)(H,17,18). The van der Waals surface area contributed by atoms with Gasteiger partial charge in [-0.3, -0.25) is 0 Å². The molecule has 1 aromatic carbocycles. The summed E-state index contributed by atoms with van der Waals surface area (Å²) in [5.74, 6) is -1.08. The van der Waals surface area contributed by atoms with Crippen LogP contribution in [-0.4, -0.2) is 34.6 Å². The largest absolute Gasteiger partial charge is 0.480 e. The van der Waals surface area contributed by atoms with Crippen LogP contribution in [0, 0.1) is 3.57 Å². The Hall–Kier alpha value is -1.02. The molecule has 0 aliphatic heterocycles. The molecule has 19 heavy (non-hydrogen) atoms. The van der Waals surface area contributed by atoms with Gasteiger partial charge >= 0.3 is 12.0 Å². The van der Waals surface area contributed by atoms with Crippen LogP contribution < -0.4 is 5.32 Å². The molecule has 0 aliphatic carbocycles. The number of amides is 2. The Morgan fingerprint density at radius 2 is 2.00 bits per heavy atom. The minimum absolute atomic E-state index is 0.398. The molecule has 0 unspecified atom stereocenters. The van der Waals surface area contributed by atoms with E-state index in [0.29, 0.717) is 10.7 Å². The summed E-state index contributed by atoms with van der Waals surface area (Å²) < 4.78 is 0.914. The van der Waals surface area contributed by atoms with Crippen LogP contribution >= 0.6 is 34.2 Å². The first-order valence-electron chi connectivity index (χ1n) is 5.39. The van der Waals surface area contributed by atoms with E-state index in [2.05, 4.69) is 27.9 Å². The molecule has 0 saturated carbocycles. The van der Waals surface area contributed by atoms with E-state index in [1.165, 1.54) is 20.9 Å². The van der Waals surface area contributed by atoms with Crippen molar-refractivity contribution in [3.63, 3.8) is 0 Å². The molecule has 0 atom stereocenters. The van der Waals surface area contributed by atoms with Gasteiger partial charge in [0.2, 0.25) is 0 Å². The maximum absolute atomic E-state index is 12.0. The number of nitrogens with zero attached hydrogens (tertiary/aromatic N) is 1. The number of hydrogen-bond acceptors (Lipinski definition) is 2. The van der Waals surface area contributed by atoms with Crippen molar-refractivity contribution in [3.05, 3.63) is 26.8 Å². The lowest BCUT2D eigenvalue weighted by atomic mass is 10.1. The third-order valence-corrected chi connectivity index (χ3v) is 3.84. The van der Waals surface area contributed by atoms with Crippen molar-refractivity contribution < 1.29 is 14.7 Å². The molecule has 7 heteroatoms. The summed E-state index contributed by atoms with van der Waals surface area (Å²) in [5.41, 5.74) is -0.856. The number of hydrogen-bond donors (Lipinski definition) is 2. The van der Waals surface area contributed by atoms with E-state index in [0.717, 1.165) is 8.47 Å². The number of carbonyl (C=O) groups is 2. The maximum atomic E-state index is 12.0. The molecule has 0 aromatic heterocycles. The number of likely N-dealkylation sites (N-methyl/N-ethyl adjacent to an activating group) is 1. The van der Waals surface area contributed by atoms with E-state index >= 15 is 0 Å². The highest BCUT2D eigenvalue weighted by Crippen LogP contribution is 2.25. The molecule has 104 valence electrons. The number of carboxylic acids is 1. The third kappa shape index (κ3) is 3.73. The number of halogens is 2. The van der Waals surface area contributed by atoms with Crippen LogP contribution in [0.25, 0.3) is 0 Å². The summed E-state index contributed by atoms with van der Waals surface area (Å²) in [4.78, 5) is 24.2. The van der Waals surface area contributed by atoms with E-state index in [-0.39, 0.29) is 0 Å². The molecule has 0 aliphatic rings. The number of benzene rings is 1. The van der Waals surface area contributed by atoms with Gasteiger partial charge in [-0.15, -0.1) is 0 Å². The van der Waals surface area contributed by atoms with E-state index < -0.39 is 17.5 Å². The van der Waals surface area contributed by atoms with Gasteiger partial charge in [0.25, 0.3) is 0 Å². The zero-order valence-electron chi connectivity index (χ0n) is 10.7. The molecule has 0 radical (unpaired) electrons. The van der Waals surface area contributed by atoms with Crippen molar-refractivity contribution in [1.29, 1.82) is 0 Å². The van der Waals surface area contributed by atoms with Gasteiger partial charge in [0.1, 0.15) is 5.54 Å². The van der Waals surface area contributed by atoms with Gasteiger partial charge in [-0.05, 0) is 54.6 Å². The predicted octanol–water partition coefficient (Wildman–Crippen LogP) is 3.27. The molecule has 2 amide bonds. The fourth-order valence-corrected chi connectivity index (χ4v) is 1.85. The highest BCUT2D eigenvalue weighted by molar-refractivity contribution is 14.1. The van der Waals surface area contributed by atoms with Crippen molar-refractivity contribution in [2.75, 3.05) is 12.4 Å². The number of carboxylic acid groups (broad SMARTS) is 1. The van der Waals surface area contributed by atoms with Crippen LogP contribution in [0.5, 0.6) is 0 Å². The SMILES string of the molecule is CN(C(=O)Nc1cc(I)ccc1Cl)C(C)(C)C(=O)O. The lowest BCUT2D eigenvalue weighted by Gasteiger charge is -2.31. The van der Waals surface area contributed by atoms with Crippen molar-refractivity contribution in [3.8, 4) is 0 Å². The van der Waals surface area contributed by atoms with Crippen LogP contribution in [0.4, 0.5) is 10.5 Å². The molecule has 2 N–H and O–H groups in total. The minimum atomic E-state index is -1.31. The minimum Gasteiger partial charge on any atom is -0.480 e. The van der Waals surface area contributed by atoms with Gasteiger partial charge in [0.05, 0.1) is 10.7 Å². The molecule has 1 aromatic rings. The van der Waals surface area contributed by atoms with Gasteiger partial charge in [0, 0.05) is 10.6 Å². The van der Waals surface area contributed by atoms with E-state index in [9.17, 15) is 9.59 Å². The van der Waals surface area contributed by atoms with Crippen molar-refractivity contribution in [2.45, 2.75) is 19.4 Å². The van der Waals surface area contributed by atoms with Crippen LogP contribution in [0.3, 0.4) is 0 Å². The lowest BCUT2D eigenvalue weighted by Crippen LogP contribution is -2.52. The molecule has 0 spiro atoms. The first kappa shape index (κ1) is 16.0. The van der Waals surface area contributed by atoms with Gasteiger partial charge in [-0.2, -0.15) is 0 Å². The smallest absolute Gasteiger partial charge is 0.329 e. The van der Waals surface area contributed by atoms with Crippen molar-refractivity contribution in [1.82, 2.24) is 4.90 Å². The normalized spacial score (nSPS) is 11.0. The van der Waals surface area contributed by atoms with Crippen molar-refractivity contribution >= 4 is 51.9 Å². The summed E-state index contributed by atoms with van der Waals surface area (Å²) in [5, 5.41) is 12.1. The fourth-order valence-electron chi connectivity index (χ4n) is 1.19. The topological polar surface area (TPSA) is 69.6 Å². The Bertz CT molecular complexity index is 520. The molecule has 1 rings (SSSR count). The highest BCUT2D eigenvalue weighted by Gasteiger charge is 2.35. The van der Waals surface area contributed by atoms with Gasteiger partial charge in [0.15, 0.2) is 0 Å². The third-order valence-electron chi connectivity index (χ3n) is 2.84. The maximum Gasteiger partial charge on any atom is 0.329 e. The molecule has 0 heterocycles. The molecular formula is C12H14ClIN2O3. The molecular weight excluding hydrogens is 383 g/mol. The van der Waals surface area contributed by atoms with Crippen LogP contribution in [0.1, 0.15) is 13.8 Å². The number of rotatable bonds is 3. The Balaban J connectivity index is 2.91.